The van der Waals surface area contributed by atoms with Gasteiger partial charge in [-0.3, -0.25) is 4.79 Å². The number of fused-ring (bicyclic) bond motifs is 5. The molecule has 1 saturated carbocycles. The van der Waals surface area contributed by atoms with Crippen molar-refractivity contribution in [2.75, 3.05) is 19.7 Å². The number of morpholine rings is 1. The van der Waals surface area contributed by atoms with Gasteiger partial charge in [0.25, 0.3) is 5.91 Å². The molecule has 3 aromatic rings. The van der Waals surface area contributed by atoms with Gasteiger partial charge in [-0.25, -0.2) is 8.78 Å². The summed E-state index contributed by atoms with van der Waals surface area (Å²) in [6, 6.07) is 8.66. The summed E-state index contributed by atoms with van der Waals surface area (Å²) in [5.74, 6) is -1.44. The minimum Gasteiger partial charge on any atom is -0.374 e. The summed E-state index contributed by atoms with van der Waals surface area (Å²) in [5, 5.41) is 16.8. The molecule has 2 aliphatic carbocycles. The summed E-state index contributed by atoms with van der Waals surface area (Å²) in [5.41, 5.74) is 1.25. The van der Waals surface area contributed by atoms with E-state index in [0.29, 0.717) is 19.7 Å². The highest BCUT2D eigenvalue weighted by Crippen LogP contribution is 2.69. The molecule has 10 heteroatoms. The van der Waals surface area contributed by atoms with E-state index < -0.39 is 17.0 Å². The van der Waals surface area contributed by atoms with Gasteiger partial charge in [0.1, 0.15) is 11.6 Å². The van der Waals surface area contributed by atoms with Gasteiger partial charge in [-0.15, -0.1) is 10.2 Å². The van der Waals surface area contributed by atoms with Crippen LogP contribution >= 0.6 is 11.6 Å². The van der Waals surface area contributed by atoms with Gasteiger partial charge in [-0.05, 0) is 60.1 Å². The van der Waals surface area contributed by atoms with Crippen LogP contribution in [0, 0.1) is 17.0 Å². The molecule has 1 saturated heterocycles. The van der Waals surface area contributed by atoms with Gasteiger partial charge in [0.2, 0.25) is 0 Å². The average Bonchev–Trinajstić information content (AvgIpc) is 3.25. The van der Waals surface area contributed by atoms with Gasteiger partial charge < -0.3 is 9.64 Å². The van der Waals surface area contributed by atoms with E-state index in [0.717, 1.165) is 24.1 Å². The second-order valence-electron chi connectivity index (χ2n) is 10.3. The third kappa shape index (κ3) is 3.22. The Morgan fingerprint density at radius 1 is 1.11 bits per heavy atom. The van der Waals surface area contributed by atoms with Crippen molar-refractivity contribution < 1.29 is 18.3 Å². The second kappa shape index (κ2) is 8.24. The summed E-state index contributed by atoms with van der Waals surface area (Å²) in [6.45, 7) is 5.55. The molecule has 0 unspecified atom stereocenters. The first kappa shape index (κ1) is 23.4. The quantitative estimate of drug-likeness (QED) is 0.513. The third-order valence-corrected chi connectivity index (χ3v) is 8.64. The van der Waals surface area contributed by atoms with E-state index in [9.17, 15) is 13.6 Å². The topological polar surface area (TPSA) is 81.1 Å². The molecule has 3 atom stereocenters. The number of benzene rings is 1. The van der Waals surface area contributed by atoms with Crippen molar-refractivity contribution >= 4 is 17.5 Å². The first-order valence-electron chi connectivity index (χ1n) is 12.0. The first-order chi connectivity index (χ1) is 17.2. The van der Waals surface area contributed by atoms with Crippen LogP contribution in [-0.4, -0.2) is 57.0 Å². The van der Waals surface area contributed by atoms with Crippen LogP contribution < -0.4 is 0 Å². The highest BCUT2D eigenvalue weighted by atomic mass is 35.5. The standard InChI is InChI=1S/C26H24ClF2N5O2/c1-25(2)15-8-9-26(25,20-13-34(10-11-36-20)24(35)18-6-7-21(27)32-30-18)23-14(15)12-19(31-33-23)22-16(28)4-3-5-17(22)29/h3-7,12,15,20H,8-11,13H2,1-2H3/t15-,20+,26-/m0/s1. The molecule has 2 fully saturated rings. The van der Waals surface area contributed by atoms with E-state index in [1.807, 2.05) is 0 Å². The lowest BCUT2D eigenvalue weighted by Crippen LogP contribution is -2.57. The molecule has 36 heavy (non-hydrogen) atoms. The van der Waals surface area contributed by atoms with E-state index in [4.69, 9.17) is 16.3 Å². The van der Waals surface area contributed by atoms with Crippen LogP contribution in [0.15, 0.2) is 36.4 Å². The molecule has 3 heterocycles. The molecule has 0 spiro atoms. The van der Waals surface area contributed by atoms with Crippen LogP contribution in [0.4, 0.5) is 8.78 Å². The Kier molecular flexibility index (Phi) is 5.35. The number of aromatic nitrogens is 4. The van der Waals surface area contributed by atoms with Gasteiger partial charge in [0, 0.05) is 18.5 Å². The van der Waals surface area contributed by atoms with E-state index in [1.54, 1.807) is 23.1 Å². The molecule has 1 amide bonds. The lowest BCUT2D eigenvalue weighted by atomic mass is 9.64. The number of ether oxygens (including phenoxy) is 1. The fraction of sp³-hybridized carbons (Fsp3) is 0.423. The number of halogens is 3. The van der Waals surface area contributed by atoms with Crippen molar-refractivity contribution in [2.24, 2.45) is 5.41 Å². The molecule has 3 aliphatic rings. The number of nitrogens with zero attached hydrogens (tertiary/aromatic N) is 5. The number of carbonyl (C=O) groups excluding carboxylic acids is 1. The number of rotatable bonds is 3. The Balaban J connectivity index is 1.37. The summed E-state index contributed by atoms with van der Waals surface area (Å²) < 4.78 is 35.3. The zero-order valence-electron chi connectivity index (χ0n) is 19.8. The predicted molar refractivity (Wildman–Crippen MR) is 128 cm³/mol. The maximum Gasteiger partial charge on any atom is 0.274 e. The second-order valence-corrected chi connectivity index (χ2v) is 10.7. The van der Waals surface area contributed by atoms with Crippen molar-refractivity contribution in [2.45, 2.75) is 44.1 Å². The molecular formula is C26H24ClF2N5O2. The number of hydrogen-bond donors (Lipinski definition) is 0. The van der Waals surface area contributed by atoms with E-state index in [1.165, 1.54) is 18.2 Å². The van der Waals surface area contributed by atoms with Crippen LogP contribution in [0.2, 0.25) is 5.15 Å². The zero-order chi connectivity index (χ0) is 25.2. The summed E-state index contributed by atoms with van der Waals surface area (Å²) in [6.07, 6.45) is 1.40. The fourth-order valence-electron chi connectivity index (χ4n) is 6.67. The SMILES string of the molecule is CC1(C)[C@H]2CC[C@]1([C@H]1CN(C(=O)c3ccc(Cl)nn3)CCO1)c1nnc(-c3c(F)cccc3F)cc12. The Bertz CT molecular complexity index is 1350. The summed E-state index contributed by atoms with van der Waals surface area (Å²) in [7, 11) is 0. The number of hydrogen-bond acceptors (Lipinski definition) is 6. The van der Waals surface area contributed by atoms with Crippen molar-refractivity contribution in [3.8, 4) is 11.3 Å². The molecule has 0 radical (unpaired) electrons. The van der Waals surface area contributed by atoms with Crippen molar-refractivity contribution in [1.82, 2.24) is 25.3 Å². The van der Waals surface area contributed by atoms with E-state index >= 15 is 0 Å². The van der Waals surface area contributed by atoms with Crippen LogP contribution in [0.25, 0.3) is 11.3 Å². The lowest BCUT2D eigenvalue weighted by Gasteiger charge is -2.47. The highest BCUT2D eigenvalue weighted by molar-refractivity contribution is 6.29. The highest BCUT2D eigenvalue weighted by Gasteiger charge is 2.67. The lowest BCUT2D eigenvalue weighted by molar-refractivity contribution is -0.0842. The molecule has 1 aliphatic heterocycles. The normalized spacial score (nSPS) is 26.2. The number of amides is 1. The van der Waals surface area contributed by atoms with Gasteiger partial charge in [-0.1, -0.05) is 31.5 Å². The minimum atomic E-state index is -0.670. The molecule has 186 valence electrons. The molecule has 2 bridgehead atoms. The van der Waals surface area contributed by atoms with Crippen molar-refractivity contribution in [1.29, 1.82) is 0 Å². The summed E-state index contributed by atoms with van der Waals surface area (Å²) >= 11 is 5.83. The van der Waals surface area contributed by atoms with Crippen molar-refractivity contribution in [3.05, 3.63) is 70.1 Å². The van der Waals surface area contributed by atoms with Gasteiger partial charge in [0.15, 0.2) is 10.8 Å². The minimum absolute atomic E-state index is 0.133. The van der Waals surface area contributed by atoms with Crippen molar-refractivity contribution in [3.63, 3.8) is 0 Å². The van der Waals surface area contributed by atoms with Crippen LogP contribution in [0.5, 0.6) is 0 Å². The number of carbonyl (C=O) groups is 1. The fourth-order valence-corrected chi connectivity index (χ4v) is 6.77. The van der Waals surface area contributed by atoms with Crippen LogP contribution in [-0.2, 0) is 10.2 Å². The maximum atomic E-state index is 14.5. The monoisotopic (exact) mass is 511 g/mol. The first-order valence-corrected chi connectivity index (χ1v) is 12.3. The Morgan fingerprint density at radius 3 is 2.61 bits per heavy atom. The molecule has 0 N–H and O–H groups in total. The van der Waals surface area contributed by atoms with Crippen LogP contribution in [0.1, 0.15) is 54.4 Å². The largest absolute Gasteiger partial charge is 0.374 e. The van der Waals surface area contributed by atoms with Gasteiger partial charge in [-0.2, -0.15) is 10.2 Å². The molecule has 6 rings (SSSR count). The van der Waals surface area contributed by atoms with Crippen LogP contribution in [0.3, 0.4) is 0 Å². The predicted octanol–water partition coefficient (Wildman–Crippen LogP) is 4.56. The summed E-state index contributed by atoms with van der Waals surface area (Å²) in [4.78, 5) is 14.9. The average molecular weight is 512 g/mol. The Morgan fingerprint density at radius 2 is 1.89 bits per heavy atom. The van der Waals surface area contributed by atoms with Gasteiger partial charge >= 0.3 is 0 Å². The Labute approximate surface area is 211 Å². The van der Waals surface area contributed by atoms with E-state index in [2.05, 4.69) is 34.2 Å². The molecular weight excluding hydrogens is 488 g/mol. The maximum absolute atomic E-state index is 14.5. The smallest absolute Gasteiger partial charge is 0.274 e. The molecule has 1 aromatic carbocycles. The molecule has 2 aromatic heterocycles. The zero-order valence-corrected chi connectivity index (χ0v) is 20.6. The molecule has 7 nitrogen and oxygen atoms in total. The third-order valence-electron chi connectivity index (χ3n) is 8.44. The van der Waals surface area contributed by atoms with Gasteiger partial charge in [0.05, 0.1) is 29.7 Å². The Hall–Kier alpha value is -3.04. The van der Waals surface area contributed by atoms with E-state index in [-0.39, 0.29) is 45.4 Å².